The number of carbonyl (C=O) groups excluding carboxylic acids is 2. The lowest BCUT2D eigenvalue weighted by atomic mass is 10.0. The smallest absolute Gasteiger partial charge is 0.354 e. The summed E-state index contributed by atoms with van der Waals surface area (Å²) >= 11 is 0. The van der Waals surface area contributed by atoms with E-state index in [2.05, 4.69) is 5.32 Å². The molecular weight excluding hydrogens is 395 g/mol. The van der Waals surface area contributed by atoms with Crippen molar-refractivity contribution < 1.29 is 22.8 Å². The third-order valence-corrected chi connectivity index (χ3v) is 5.75. The molecule has 2 aliphatic rings. The summed E-state index contributed by atoms with van der Waals surface area (Å²) in [4.78, 5) is 29.5. The van der Waals surface area contributed by atoms with Crippen LogP contribution in [-0.2, 0) is 6.18 Å². The Morgan fingerprint density at radius 3 is 2.67 bits per heavy atom. The van der Waals surface area contributed by atoms with E-state index in [1.165, 1.54) is 18.2 Å². The lowest BCUT2D eigenvalue weighted by molar-refractivity contribution is -0.137. The summed E-state index contributed by atoms with van der Waals surface area (Å²) < 4.78 is 38.7. The molecule has 0 radical (unpaired) electrons. The third kappa shape index (κ3) is 3.74. The molecule has 0 spiro atoms. The summed E-state index contributed by atoms with van der Waals surface area (Å²) in [5.74, 6) is -0.568. The van der Waals surface area contributed by atoms with Crippen LogP contribution in [0.2, 0.25) is 0 Å². The van der Waals surface area contributed by atoms with Crippen molar-refractivity contribution in [2.24, 2.45) is 0 Å². The largest absolute Gasteiger partial charge is 0.416 e. The summed E-state index contributed by atoms with van der Waals surface area (Å²) in [6, 6.07) is 9.30. The van der Waals surface area contributed by atoms with E-state index in [1.807, 2.05) is 16.8 Å². The van der Waals surface area contributed by atoms with Crippen molar-refractivity contribution in [3.8, 4) is 0 Å². The highest BCUT2D eigenvalue weighted by atomic mass is 19.4. The Morgan fingerprint density at radius 2 is 1.90 bits per heavy atom. The average molecular weight is 417 g/mol. The highest BCUT2D eigenvalue weighted by Crippen LogP contribution is 2.35. The van der Waals surface area contributed by atoms with Gasteiger partial charge >= 0.3 is 6.18 Å². The molecule has 0 aromatic heterocycles. The number of halogens is 3. The van der Waals surface area contributed by atoms with Gasteiger partial charge in [0.25, 0.3) is 11.8 Å². The number of rotatable bonds is 2. The molecule has 30 heavy (non-hydrogen) atoms. The van der Waals surface area contributed by atoms with Crippen LogP contribution in [0.25, 0.3) is 0 Å². The van der Waals surface area contributed by atoms with Crippen LogP contribution in [0.5, 0.6) is 0 Å². The molecule has 5 nitrogen and oxygen atoms in total. The molecule has 2 amide bonds. The van der Waals surface area contributed by atoms with Crippen molar-refractivity contribution in [3.63, 3.8) is 0 Å². The Kier molecular flexibility index (Phi) is 5.17. The van der Waals surface area contributed by atoms with E-state index < -0.39 is 17.6 Å². The van der Waals surface area contributed by atoms with Gasteiger partial charge in [-0.15, -0.1) is 0 Å². The molecule has 2 aromatic rings. The highest BCUT2D eigenvalue weighted by molar-refractivity contribution is 6.08. The minimum atomic E-state index is -4.49. The second-order valence-corrected chi connectivity index (χ2v) is 7.70. The summed E-state index contributed by atoms with van der Waals surface area (Å²) in [5, 5.41) is 2.52. The van der Waals surface area contributed by atoms with Crippen molar-refractivity contribution in [1.82, 2.24) is 4.90 Å². The molecule has 1 atom stereocenters. The van der Waals surface area contributed by atoms with Crippen molar-refractivity contribution in [3.05, 3.63) is 59.2 Å². The molecule has 2 aromatic carbocycles. The van der Waals surface area contributed by atoms with Crippen LogP contribution in [0, 0.1) is 0 Å². The first kappa shape index (κ1) is 20.3. The summed E-state index contributed by atoms with van der Waals surface area (Å²) in [7, 11) is 1.91. The van der Waals surface area contributed by atoms with Crippen LogP contribution in [-0.4, -0.2) is 36.5 Å². The van der Waals surface area contributed by atoms with E-state index in [9.17, 15) is 22.8 Å². The number of benzene rings is 2. The minimum absolute atomic E-state index is 0.0418. The van der Waals surface area contributed by atoms with Gasteiger partial charge in [0.1, 0.15) is 6.17 Å². The first-order valence-electron chi connectivity index (χ1n) is 9.92. The summed E-state index contributed by atoms with van der Waals surface area (Å²) in [5.41, 5.74) is 0.718. The number of nitrogens with zero attached hydrogens (tertiary/aromatic N) is 2. The number of carbonyl (C=O) groups is 2. The van der Waals surface area contributed by atoms with E-state index in [4.69, 9.17) is 0 Å². The van der Waals surface area contributed by atoms with E-state index >= 15 is 0 Å². The van der Waals surface area contributed by atoms with Crippen molar-refractivity contribution in [2.75, 3.05) is 23.8 Å². The lowest BCUT2D eigenvalue weighted by Gasteiger charge is -2.43. The van der Waals surface area contributed by atoms with Crippen LogP contribution in [0.3, 0.4) is 0 Å². The number of fused-ring (bicyclic) bond motifs is 2. The number of alkyl halides is 3. The maximum absolute atomic E-state index is 12.9. The molecule has 2 aliphatic heterocycles. The van der Waals surface area contributed by atoms with Gasteiger partial charge in [-0.1, -0.05) is 12.5 Å². The minimum Gasteiger partial charge on any atom is -0.354 e. The fraction of sp³-hybridized carbons (Fsp3) is 0.364. The van der Waals surface area contributed by atoms with Crippen molar-refractivity contribution >= 4 is 23.2 Å². The van der Waals surface area contributed by atoms with Crippen LogP contribution in [0.1, 0.15) is 52.0 Å². The Labute approximate surface area is 172 Å². The van der Waals surface area contributed by atoms with Crippen LogP contribution < -0.4 is 10.2 Å². The Balaban J connectivity index is 1.60. The van der Waals surface area contributed by atoms with Gasteiger partial charge in [0.2, 0.25) is 0 Å². The Morgan fingerprint density at radius 1 is 1.10 bits per heavy atom. The highest BCUT2D eigenvalue weighted by Gasteiger charge is 2.36. The van der Waals surface area contributed by atoms with Gasteiger partial charge in [-0.05, 0) is 55.7 Å². The zero-order valence-electron chi connectivity index (χ0n) is 16.5. The van der Waals surface area contributed by atoms with Crippen molar-refractivity contribution in [1.29, 1.82) is 0 Å². The van der Waals surface area contributed by atoms with Crippen LogP contribution in [0.15, 0.2) is 42.5 Å². The maximum atomic E-state index is 12.9. The lowest BCUT2D eigenvalue weighted by Crippen LogP contribution is -2.53. The van der Waals surface area contributed by atoms with Gasteiger partial charge in [0.05, 0.1) is 16.8 Å². The SMILES string of the molecule is CN1c2cc(C(=O)Nc3cccc(C(F)(F)F)c3)ccc2C(=O)N2CCCCC[C@H]21. The fourth-order valence-corrected chi connectivity index (χ4v) is 4.17. The number of anilines is 2. The second-order valence-electron chi connectivity index (χ2n) is 7.70. The quantitative estimate of drug-likeness (QED) is 0.767. The number of hydrogen-bond donors (Lipinski definition) is 1. The molecule has 0 bridgehead atoms. The first-order chi connectivity index (χ1) is 14.3. The monoisotopic (exact) mass is 417 g/mol. The number of nitrogens with one attached hydrogen (secondary N) is 1. The van der Waals surface area contributed by atoms with Gasteiger partial charge < -0.3 is 15.1 Å². The van der Waals surface area contributed by atoms with Crippen molar-refractivity contribution in [2.45, 2.75) is 38.0 Å². The molecule has 0 aliphatic carbocycles. The molecule has 0 unspecified atom stereocenters. The summed E-state index contributed by atoms with van der Waals surface area (Å²) in [6.07, 6.45) is -0.584. The third-order valence-electron chi connectivity index (χ3n) is 5.75. The van der Waals surface area contributed by atoms with E-state index in [0.717, 1.165) is 37.8 Å². The molecule has 0 saturated carbocycles. The number of amides is 2. The van der Waals surface area contributed by atoms with Crippen LogP contribution in [0.4, 0.5) is 24.5 Å². The zero-order valence-corrected chi connectivity index (χ0v) is 16.5. The zero-order chi connectivity index (χ0) is 21.5. The molecule has 158 valence electrons. The normalized spacial score (nSPS) is 19.1. The topological polar surface area (TPSA) is 52.7 Å². The standard InChI is InChI=1S/C22H22F3N3O2/c1-27-18-12-14(20(29)26-16-7-5-6-15(13-16)22(23,24)25)9-10-17(18)21(30)28-11-4-2-3-8-19(27)28/h5-7,9-10,12-13,19H,2-4,8,11H2,1H3,(H,26,29)/t19-/m0/s1. The van der Waals surface area contributed by atoms with Gasteiger partial charge in [-0.3, -0.25) is 9.59 Å². The average Bonchev–Trinajstić information content (AvgIpc) is 2.98. The fourth-order valence-electron chi connectivity index (χ4n) is 4.17. The first-order valence-corrected chi connectivity index (χ1v) is 9.92. The molecule has 2 heterocycles. The van der Waals surface area contributed by atoms with Gasteiger partial charge in [0, 0.05) is 24.8 Å². The number of hydrogen-bond acceptors (Lipinski definition) is 3. The van der Waals surface area contributed by atoms with E-state index in [-0.39, 0.29) is 23.3 Å². The second kappa shape index (κ2) is 7.66. The Hall–Kier alpha value is -3.03. The predicted molar refractivity (Wildman–Crippen MR) is 108 cm³/mol. The Bertz CT molecular complexity index is 990. The van der Waals surface area contributed by atoms with Crippen LogP contribution >= 0.6 is 0 Å². The van der Waals surface area contributed by atoms with Gasteiger partial charge in [-0.25, -0.2) is 0 Å². The molecule has 1 N–H and O–H groups in total. The molecule has 1 fully saturated rings. The molecular formula is C22H22F3N3O2. The van der Waals surface area contributed by atoms with Gasteiger partial charge in [0.15, 0.2) is 0 Å². The van der Waals surface area contributed by atoms with E-state index in [1.54, 1.807) is 12.1 Å². The van der Waals surface area contributed by atoms with E-state index in [0.29, 0.717) is 17.8 Å². The maximum Gasteiger partial charge on any atom is 0.416 e. The molecule has 4 rings (SSSR count). The van der Waals surface area contributed by atoms with Gasteiger partial charge in [-0.2, -0.15) is 13.2 Å². The summed E-state index contributed by atoms with van der Waals surface area (Å²) in [6.45, 7) is 0.713. The molecule has 8 heteroatoms. The predicted octanol–water partition coefficient (Wildman–Crippen LogP) is 4.75. The molecule has 1 saturated heterocycles.